The summed E-state index contributed by atoms with van der Waals surface area (Å²) in [7, 11) is 3.20. The number of carbonyl (C=O) groups excluding carboxylic acids is 2. The predicted octanol–water partition coefficient (Wildman–Crippen LogP) is 3.59. The maximum absolute atomic E-state index is 13.3. The summed E-state index contributed by atoms with van der Waals surface area (Å²) in [6, 6.07) is 12.0. The molecule has 31 heavy (non-hydrogen) atoms. The van der Waals surface area contributed by atoms with Crippen LogP contribution in [0, 0.1) is 5.92 Å². The highest BCUT2D eigenvalue weighted by atomic mass is 16.5. The summed E-state index contributed by atoms with van der Waals surface area (Å²) in [6.45, 7) is 3.46. The molecule has 0 bridgehead atoms. The van der Waals surface area contributed by atoms with Gasteiger partial charge in [-0.2, -0.15) is 0 Å². The number of carbonyl (C=O) groups is 2. The first-order chi connectivity index (χ1) is 15.0. The van der Waals surface area contributed by atoms with Crippen molar-refractivity contribution < 1.29 is 19.1 Å². The smallest absolute Gasteiger partial charge is 0.228 e. The fourth-order valence-corrected chi connectivity index (χ4v) is 4.65. The monoisotopic (exact) mass is 422 g/mol. The van der Waals surface area contributed by atoms with E-state index in [4.69, 9.17) is 9.47 Å². The minimum absolute atomic E-state index is 0.0225. The van der Waals surface area contributed by atoms with Crippen LogP contribution in [0.2, 0.25) is 0 Å². The van der Waals surface area contributed by atoms with E-state index in [1.54, 1.807) is 19.1 Å². The zero-order valence-corrected chi connectivity index (χ0v) is 18.5. The van der Waals surface area contributed by atoms with Crippen molar-refractivity contribution in [2.24, 2.45) is 5.92 Å². The fraction of sp³-hybridized carbons (Fsp3) is 0.440. The zero-order valence-electron chi connectivity index (χ0n) is 18.5. The molecular formula is C25H30N2O4. The second-order valence-corrected chi connectivity index (χ2v) is 8.25. The molecule has 2 aliphatic rings. The number of hydrogen-bond donors (Lipinski definition) is 0. The molecule has 2 amide bonds. The Labute approximate surface area is 183 Å². The first-order valence-corrected chi connectivity index (χ1v) is 11.0. The Balaban J connectivity index is 1.46. The standard InChI is InChI=1S/C25H30N2O4/c1-4-26(15-17-8-11-22(30-2)23(12-17)31-3)25(29)20-14-24(28)27(16-20)21-10-9-18-6-5-7-19(18)13-21/h8-13,20H,4-7,14-16H2,1-3H3. The number of amides is 2. The van der Waals surface area contributed by atoms with E-state index in [0.29, 0.717) is 31.1 Å². The van der Waals surface area contributed by atoms with E-state index in [1.807, 2.05) is 36.1 Å². The summed E-state index contributed by atoms with van der Waals surface area (Å²) in [5, 5.41) is 0. The second-order valence-electron chi connectivity index (χ2n) is 8.25. The third-order valence-electron chi connectivity index (χ3n) is 6.38. The Morgan fingerprint density at radius 3 is 2.58 bits per heavy atom. The summed E-state index contributed by atoms with van der Waals surface area (Å²) in [4.78, 5) is 29.6. The van der Waals surface area contributed by atoms with Crippen LogP contribution < -0.4 is 14.4 Å². The maximum Gasteiger partial charge on any atom is 0.228 e. The quantitative estimate of drug-likeness (QED) is 0.684. The molecular weight excluding hydrogens is 392 g/mol. The van der Waals surface area contributed by atoms with Gasteiger partial charge in [0.15, 0.2) is 11.5 Å². The molecule has 0 aromatic heterocycles. The lowest BCUT2D eigenvalue weighted by Gasteiger charge is -2.25. The van der Waals surface area contributed by atoms with Crippen LogP contribution in [0.3, 0.4) is 0 Å². The molecule has 1 heterocycles. The third kappa shape index (κ3) is 4.24. The van der Waals surface area contributed by atoms with Gasteiger partial charge >= 0.3 is 0 Å². The van der Waals surface area contributed by atoms with Gasteiger partial charge in [0.2, 0.25) is 11.8 Å². The summed E-state index contributed by atoms with van der Waals surface area (Å²) < 4.78 is 10.7. The number of ether oxygens (including phenoxy) is 2. The highest BCUT2D eigenvalue weighted by molar-refractivity contribution is 6.00. The number of rotatable bonds is 7. The Kier molecular flexibility index (Phi) is 6.16. The van der Waals surface area contributed by atoms with Crippen LogP contribution >= 0.6 is 0 Å². The molecule has 0 spiro atoms. The molecule has 1 atom stereocenters. The topological polar surface area (TPSA) is 59.1 Å². The minimum atomic E-state index is -0.319. The van der Waals surface area contributed by atoms with Crippen LogP contribution in [0.1, 0.15) is 36.5 Å². The van der Waals surface area contributed by atoms with Crippen LogP contribution in [0.15, 0.2) is 36.4 Å². The Hall–Kier alpha value is -3.02. The number of fused-ring (bicyclic) bond motifs is 1. The van der Waals surface area contributed by atoms with Crippen LogP contribution in [-0.4, -0.2) is 44.0 Å². The zero-order chi connectivity index (χ0) is 22.0. The predicted molar refractivity (Wildman–Crippen MR) is 120 cm³/mol. The molecule has 1 aliphatic heterocycles. The lowest BCUT2D eigenvalue weighted by molar-refractivity contribution is -0.136. The van der Waals surface area contributed by atoms with Gasteiger partial charge in [0.1, 0.15) is 0 Å². The van der Waals surface area contributed by atoms with E-state index in [9.17, 15) is 9.59 Å². The molecule has 1 saturated heterocycles. The largest absolute Gasteiger partial charge is 0.493 e. The highest BCUT2D eigenvalue weighted by Crippen LogP contribution is 2.32. The van der Waals surface area contributed by atoms with Crippen molar-refractivity contribution in [1.82, 2.24) is 4.90 Å². The lowest BCUT2D eigenvalue weighted by atomic mass is 10.1. The maximum atomic E-state index is 13.3. The molecule has 6 heteroatoms. The van der Waals surface area contributed by atoms with E-state index in [-0.39, 0.29) is 24.2 Å². The number of aryl methyl sites for hydroxylation is 2. The Morgan fingerprint density at radius 1 is 1.06 bits per heavy atom. The fourth-order valence-electron chi connectivity index (χ4n) is 4.65. The van der Waals surface area contributed by atoms with Gasteiger partial charge in [0, 0.05) is 31.7 Å². The first kappa shape index (κ1) is 21.2. The highest BCUT2D eigenvalue weighted by Gasteiger charge is 2.37. The van der Waals surface area contributed by atoms with Crippen molar-refractivity contribution in [2.75, 3.05) is 32.2 Å². The van der Waals surface area contributed by atoms with Gasteiger partial charge < -0.3 is 19.3 Å². The van der Waals surface area contributed by atoms with Crippen LogP contribution in [0.4, 0.5) is 5.69 Å². The summed E-state index contributed by atoms with van der Waals surface area (Å²) in [6.07, 6.45) is 3.63. The van der Waals surface area contributed by atoms with Crippen molar-refractivity contribution in [1.29, 1.82) is 0 Å². The van der Waals surface area contributed by atoms with E-state index in [2.05, 4.69) is 12.1 Å². The van der Waals surface area contributed by atoms with Gasteiger partial charge in [0.05, 0.1) is 20.1 Å². The van der Waals surface area contributed by atoms with Crippen LogP contribution in [0.25, 0.3) is 0 Å². The van der Waals surface area contributed by atoms with Crippen LogP contribution in [-0.2, 0) is 29.0 Å². The molecule has 2 aromatic carbocycles. The van der Waals surface area contributed by atoms with E-state index >= 15 is 0 Å². The van der Waals surface area contributed by atoms with Crippen molar-refractivity contribution in [3.63, 3.8) is 0 Å². The number of methoxy groups -OCH3 is 2. The molecule has 1 unspecified atom stereocenters. The van der Waals surface area contributed by atoms with Gasteiger partial charge in [-0.05, 0) is 67.1 Å². The summed E-state index contributed by atoms with van der Waals surface area (Å²) >= 11 is 0. The Morgan fingerprint density at radius 2 is 1.84 bits per heavy atom. The van der Waals surface area contributed by atoms with E-state index in [1.165, 1.54) is 17.5 Å². The van der Waals surface area contributed by atoms with Crippen molar-refractivity contribution >= 4 is 17.5 Å². The molecule has 2 aromatic rings. The first-order valence-electron chi connectivity index (χ1n) is 11.0. The third-order valence-corrected chi connectivity index (χ3v) is 6.38. The number of hydrogen-bond acceptors (Lipinski definition) is 4. The van der Waals surface area contributed by atoms with Gasteiger partial charge in [-0.1, -0.05) is 12.1 Å². The molecule has 6 nitrogen and oxygen atoms in total. The minimum Gasteiger partial charge on any atom is -0.493 e. The molecule has 1 fully saturated rings. The van der Waals surface area contributed by atoms with Gasteiger partial charge in [-0.25, -0.2) is 0 Å². The number of benzene rings is 2. The van der Waals surface area contributed by atoms with Gasteiger partial charge in [-0.15, -0.1) is 0 Å². The van der Waals surface area contributed by atoms with Crippen LogP contribution in [0.5, 0.6) is 11.5 Å². The average Bonchev–Trinajstić information content (AvgIpc) is 3.42. The Bertz CT molecular complexity index is 987. The average molecular weight is 423 g/mol. The number of anilines is 1. The SMILES string of the molecule is CCN(Cc1ccc(OC)c(OC)c1)C(=O)C1CC(=O)N(c2ccc3c(c2)CCC3)C1. The van der Waals surface area contributed by atoms with Crippen molar-refractivity contribution in [3.05, 3.63) is 53.1 Å². The van der Waals surface area contributed by atoms with Gasteiger partial charge in [-0.3, -0.25) is 9.59 Å². The second kappa shape index (κ2) is 9.00. The summed E-state index contributed by atoms with van der Waals surface area (Å²) in [5.41, 5.74) is 4.61. The van der Waals surface area contributed by atoms with Crippen molar-refractivity contribution in [2.45, 2.75) is 39.2 Å². The van der Waals surface area contributed by atoms with Crippen molar-refractivity contribution in [3.8, 4) is 11.5 Å². The number of nitrogens with zero attached hydrogens (tertiary/aromatic N) is 2. The molecule has 0 N–H and O–H groups in total. The normalized spacial score (nSPS) is 17.6. The molecule has 0 saturated carbocycles. The molecule has 164 valence electrons. The molecule has 1 aliphatic carbocycles. The molecule has 0 radical (unpaired) electrons. The lowest BCUT2D eigenvalue weighted by Crippen LogP contribution is -2.37. The molecule has 4 rings (SSSR count). The summed E-state index contributed by atoms with van der Waals surface area (Å²) in [5.74, 6) is 1.03. The van der Waals surface area contributed by atoms with Gasteiger partial charge in [0.25, 0.3) is 0 Å². The van der Waals surface area contributed by atoms with E-state index < -0.39 is 0 Å². The van der Waals surface area contributed by atoms with E-state index in [0.717, 1.165) is 24.1 Å².